The van der Waals surface area contributed by atoms with Gasteiger partial charge in [0, 0.05) is 0 Å². The largest absolute Gasteiger partial charge is 0.394 e. The molecule has 0 spiro atoms. The third-order valence-electron chi connectivity index (χ3n) is 1.61. The maximum atomic E-state index is 10.9. The number of amides is 1. The molecule has 78 valence electrons. The van der Waals surface area contributed by atoms with Crippen LogP contribution in [0.15, 0.2) is 23.0 Å². The molecule has 7 nitrogen and oxygen atoms in total. The van der Waals surface area contributed by atoms with Gasteiger partial charge in [0.2, 0.25) is 5.91 Å². The van der Waals surface area contributed by atoms with Gasteiger partial charge in [0.15, 0.2) is 0 Å². The van der Waals surface area contributed by atoms with Crippen LogP contribution >= 0.6 is 0 Å². The lowest BCUT2D eigenvalue weighted by molar-refractivity contribution is -0.118. The molecular weight excluding hydrogens is 190 g/mol. The van der Waals surface area contributed by atoms with Gasteiger partial charge in [0.05, 0.1) is 6.61 Å². The smallest absolute Gasteiger partial charge is 0.244 e. The average molecular weight is 201 g/mol. The Balaban J connectivity index is 4.62. The van der Waals surface area contributed by atoms with E-state index in [1.165, 1.54) is 0 Å². The van der Waals surface area contributed by atoms with Crippen LogP contribution in [0.1, 0.15) is 0 Å². The van der Waals surface area contributed by atoms with Gasteiger partial charge in [-0.1, -0.05) is 16.9 Å². The number of nitrogens with zero attached hydrogens (tertiary/aromatic N) is 2. The second kappa shape index (κ2) is 5.92. The van der Waals surface area contributed by atoms with Gasteiger partial charge >= 0.3 is 0 Å². The third-order valence-corrected chi connectivity index (χ3v) is 1.61. The summed E-state index contributed by atoms with van der Waals surface area (Å²) in [5.74, 6) is -0.605. The summed E-state index contributed by atoms with van der Waals surface area (Å²) < 4.78 is 0. The summed E-state index contributed by atoms with van der Waals surface area (Å²) in [6.07, 6.45) is 0.958. The van der Waals surface area contributed by atoms with Gasteiger partial charge in [-0.05, 0) is 6.08 Å². The minimum Gasteiger partial charge on any atom is -0.394 e. The highest BCUT2D eigenvalue weighted by Gasteiger charge is 2.32. The first kappa shape index (κ1) is 12.4. The SMILES string of the molecule is C=CC(=O)NC(CO)(CN=O)CN=O. The molecule has 0 heterocycles. The van der Waals surface area contributed by atoms with E-state index in [-0.39, 0.29) is 0 Å². The molecule has 0 aromatic carbocycles. The van der Waals surface area contributed by atoms with E-state index in [4.69, 9.17) is 5.11 Å². The molecule has 0 atom stereocenters. The molecule has 1 amide bonds. The van der Waals surface area contributed by atoms with Crippen molar-refractivity contribution in [1.82, 2.24) is 5.32 Å². The van der Waals surface area contributed by atoms with Crippen molar-refractivity contribution >= 4 is 5.91 Å². The lowest BCUT2D eigenvalue weighted by Gasteiger charge is -2.26. The predicted octanol–water partition coefficient (Wildman–Crippen LogP) is -0.448. The Labute approximate surface area is 80.1 Å². The van der Waals surface area contributed by atoms with Gasteiger partial charge in [-0.2, -0.15) is 9.81 Å². The van der Waals surface area contributed by atoms with Gasteiger partial charge in [-0.3, -0.25) is 4.79 Å². The van der Waals surface area contributed by atoms with Crippen LogP contribution in [0, 0.1) is 9.81 Å². The summed E-state index contributed by atoms with van der Waals surface area (Å²) in [5, 5.41) is 16.2. The molecule has 0 aliphatic heterocycles. The molecule has 0 aliphatic carbocycles. The number of rotatable bonds is 7. The fraction of sp³-hybridized carbons (Fsp3) is 0.571. The highest BCUT2D eigenvalue weighted by atomic mass is 16.3. The highest BCUT2D eigenvalue weighted by molar-refractivity contribution is 5.87. The van der Waals surface area contributed by atoms with Gasteiger partial charge in [0.1, 0.15) is 18.6 Å². The Hall–Kier alpha value is -1.63. The fourth-order valence-electron chi connectivity index (χ4n) is 0.828. The summed E-state index contributed by atoms with van der Waals surface area (Å²) in [7, 11) is 0. The molecule has 0 saturated carbocycles. The number of nitroso groups, excluding NO2 is 2. The Bertz CT molecular complexity index is 231. The summed E-state index contributed by atoms with van der Waals surface area (Å²) in [6, 6.07) is 0. The lowest BCUT2D eigenvalue weighted by atomic mass is 10.0. The summed E-state index contributed by atoms with van der Waals surface area (Å²) in [4.78, 5) is 31.0. The van der Waals surface area contributed by atoms with Crippen molar-refractivity contribution < 1.29 is 9.90 Å². The quantitative estimate of drug-likeness (QED) is 0.429. The molecule has 0 radical (unpaired) electrons. The predicted molar refractivity (Wildman–Crippen MR) is 49.5 cm³/mol. The van der Waals surface area contributed by atoms with Crippen molar-refractivity contribution in [2.24, 2.45) is 10.4 Å². The Morgan fingerprint density at radius 3 is 2.21 bits per heavy atom. The molecular formula is C7H11N3O4. The van der Waals surface area contributed by atoms with E-state index in [0.29, 0.717) is 0 Å². The van der Waals surface area contributed by atoms with Gasteiger partial charge < -0.3 is 10.4 Å². The van der Waals surface area contributed by atoms with Crippen molar-refractivity contribution in [1.29, 1.82) is 0 Å². The zero-order valence-electron chi connectivity index (χ0n) is 7.47. The van der Waals surface area contributed by atoms with Crippen molar-refractivity contribution in [2.45, 2.75) is 5.54 Å². The second-order valence-corrected chi connectivity index (χ2v) is 2.71. The lowest BCUT2D eigenvalue weighted by Crippen LogP contribution is -2.55. The van der Waals surface area contributed by atoms with Crippen molar-refractivity contribution in [3.05, 3.63) is 22.5 Å². The number of aliphatic hydroxyl groups excluding tert-OH is 1. The normalized spacial score (nSPS) is 10.4. The summed E-state index contributed by atoms with van der Waals surface area (Å²) in [5.41, 5.74) is -1.41. The maximum absolute atomic E-state index is 10.9. The van der Waals surface area contributed by atoms with Gasteiger partial charge in [-0.25, -0.2) is 0 Å². The Morgan fingerprint density at radius 1 is 1.43 bits per heavy atom. The average Bonchev–Trinajstić information content (AvgIpc) is 2.18. The zero-order chi connectivity index (χ0) is 11.0. The van der Waals surface area contributed by atoms with E-state index >= 15 is 0 Å². The monoisotopic (exact) mass is 201 g/mol. The van der Waals surface area contributed by atoms with Crippen molar-refractivity contribution in [3.63, 3.8) is 0 Å². The van der Waals surface area contributed by atoms with Crippen LogP contribution in [-0.2, 0) is 4.79 Å². The topological polar surface area (TPSA) is 108 Å². The van der Waals surface area contributed by atoms with Crippen LogP contribution in [0.5, 0.6) is 0 Å². The molecule has 7 heteroatoms. The van der Waals surface area contributed by atoms with E-state index in [2.05, 4.69) is 22.2 Å². The number of hydrogen-bond acceptors (Lipinski definition) is 6. The molecule has 0 unspecified atom stereocenters. The molecule has 0 aromatic heterocycles. The minimum absolute atomic E-state index is 0.422. The standard InChI is InChI=1S/C7H11N3O4/c1-2-6(12)10-7(5-11,3-8-13)4-9-14/h2,11H,1,3-5H2,(H,10,12). The van der Waals surface area contributed by atoms with Gasteiger partial charge in [0.25, 0.3) is 0 Å². The third kappa shape index (κ3) is 3.40. The molecule has 0 aliphatic rings. The molecule has 0 saturated heterocycles. The van der Waals surface area contributed by atoms with E-state index < -0.39 is 31.1 Å². The van der Waals surface area contributed by atoms with Crippen LogP contribution in [0.25, 0.3) is 0 Å². The number of hydrogen-bond donors (Lipinski definition) is 2. The van der Waals surface area contributed by atoms with Crippen molar-refractivity contribution in [3.8, 4) is 0 Å². The van der Waals surface area contributed by atoms with E-state index in [1.807, 2.05) is 0 Å². The first-order valence-corrected chi connectivity index (χ1v) is 3.78. The summed E-state index contributed by atoms with van der Waals surface area (Å²) in [6.45, 7) is 1.75. The number of carbonyl (C=O) groups is 1. The van der Waals surface area contributed by atoms with Crippen LogP contribution in [0.4, 0.5) is 0 Å². The first-order valence-electron chi connectivity index (χ1n) is 3.78. The minimum atomic E-state index is -1.41. The first-order chi connectivity index (χ1) is 6.64. The Morgan fingerprint density at radius 2 is 1.93 bits per heavy atom. The molecule has 0 fully saturated rings. The molecule has 14 heavy (non-hydrogen) atoms. The van der Waals surface area contributed by atoms with Gasteiger partial charge in [-0.15, -0.1) is 0 Å². The van der Waals surface area contributed by atoms with Crippen LogP contribution in [0.3, 0.4) is 0 Å². The highest BCUT2D eigenvalue weighted by Crippen LogP contribution is 2.05. The number of aliphatic hydroxyl groups is 1. The zero-order valence-corrected chi connectivity index (χ0v) is 7.47. The molecule has 2 N–H and O–H groups in total. The molecule has 0 bridgehead atoms. The van der Waals surface area contributed by atoms with Crippen molar-refractivity contribution in [2.75, 3.05) is 19.7 Å². The Kier molecular flexibility index (Phi) is 5.23. The van der Waals surface area contributed by atoms with E-state index in [9.17, 15) is 14.6 Å². The second-order valence-electron chi connectivity index (χ2n) is 2.71. The number of nitrogens with one attached hydrogen (secondary N) is 1. The fourth-order valence-corrected chi connectivity index (χ4v) is 0.828. The van der Waals surface area contributed by atoms with E-state index in [1.54, 1.807) is 0 Å². The summed E-state index contributed by atoms with van der Waals surface area (Å²) >= 11 is 0. The maximum Gasteiger partial charge on any atom is 0.244 e. The number of carbonyl (C=O) groups excluding carboxylic acids is 1. The van der Waals surface area contributed by atoms with Crippen LogP contribution < -0.4 is 5.32 Å². The van der Waals surface area contributed by atoms with Crippen LogP contribution in [-0.4, -0.2) is 36.2 Å². The molecule has 0 rings (SSSR count). The van der Waals surface area contributed by atoms with Crippen LogP contribution in [0.2, 0.25) is 0 Å². The molecule has 0 aromatic rings. The van der Waals surface area contributed by atoms with E-state index in [0.717, 1.165) is 6.08 Å².